The molecule has 0 aromatic carbocycles. The average Bonchev–Trinajstić information content (AvgIpc) is 2.05. The minimum absolute atomic E-state index is 0.104. The third kappa shape index (κ3) is 6.34. The second kappa shape index (κ2) is 7.28. The molecule has 0 spiro atoms. The van der Waals surface area contributed by atoms with Crippen LogP contribution in [0.5, 0.6) is 0 Å². The summed E-state index contributed by atoms with van der Waals surface area (Å²) in [6.07, 6.45) is 0.425. The molecule has 1 N–H and O–H groups in total. The van der Waals surface area contributed by atoms with Gasteiger partial charge in [-0.15, -0.1) is 0 Å². The van der Waals surface area contributed by atoms with Crippen molar-refractivity contribution in [1.82, 2.24) is 0 Å². The zero-order valence-corrected chi connectivity index (χ0v) is 7.88. The fraction of sp³-hybridized carbons (Fsp3) is 0.778. The molecule has 0 aliphatic rings. The molecule has 0 aliphatic carbocycles. The van der Waals surface area contributed by atoms with Gasteiger partial charge >= 0.3 is 0 Å². The quantitative estimate of drug-likeness (QED) is 0.467. The van der Waals surface area contributed by atoms with Gasteiger partial charge in [-0.2, -0.15) is 0 Å². The first-order chi connectivity index (χ1) is 5.70. The van der Waals surface area contributed by atoms with Crippen molar-refractivity contribution in [2.24, 2.45) is 0 Å². The molecule has 0 aromatic heterocycles. The number of hydrogen-bond acceptors (Lipinski definition) is 3. The zero-order valence-electron chi connectivity index (χ0n) is 7.88. The molecule has 0 aliphatic heterocycles. The van der Waals surface area contributed by atoms with Crippen LogP contribution in [0, 0.1) is 0 Å². The third-order valence-corrected chi connectivity index (χ3v) is 1.17. The fourth-order valence-electron chi connectivity index (χ4n) is 0.638. The first-order valence-electron chi connectivity index (χ1n) is 4.19. The smallest absolute Gasteiger partial charge is 0.180 e. The Labute approximate surface area is 74.0 Å². The van der Waals surface area contributed by atoms with E-state index in [1.165, 1.54) is 0 Å². The van der Waals surface area contributed by atoms with E-state index in [-0.39, 0.29) is 6.61 Å². The van der Waals surface area contributed by atoms with Crippen molar-refractivity contribution in [2.45, 2.75) is 26.6 Å². The normalized spacial score (nSPS) is 12.9. The molecule has 0 aromatic rings. The Kier molecular flexibility index (Phi) is 7.05. The Morgan fingerprint density at radius 1 is 1.50 bits per heavy atom. The largest absolute Gasteiger partial charge is 0.391 e. The molecule has 0 saturated heterocycles. The van der Waals surface area contributed by atoms with Crippen molar-refractivity contribution >= 4 is 0 Å². The monoisotopic (exact) mass is 174 g/mol. The molecule has 1 atom stereocenters. The molecule has 0 heterocycles. The van der Waals surface area contributed by atoms with Gasteiger partial charge < -0.3 is 14.6 Å². The Morgan fingerprint density at radius 2 is 2.17 bits per heavy atom. The van der Waals surface area contributed by atoms with Crippen molar-refractivity contribution in [3.63, 3.8) is 0 Å². The summed E-state index contributed by atoms with van der Waals surface area (Å²) in [5, 5.41) is 8.79. The lowest BCUT2D eigenvalue weighted by atomic mass is 10.4. The minimum Gasteiger partial charge on any atom is -0.391 e. The van der Waals surface area contributed by atoms with Crippen LogP contribution in [0.1, 0.15) is 20.3 Å². The van der Waals surface area contributed by atoms with Crippen LogP contribution in [-0.4, -0.2) is 31.2 Å². The van der Waals surface area contributed by atoms with E-state index in [2.05, 4.69) is 6.58 Å². The Bertz CT molecular complexity index is 123. The molecule has 0 radical (unpaired) electrons. The van der Waals surface area contributed by atoms with Crippen molar-refractivity contribution in [2.75, 3.05) is 19.8 Å². The van der Waals surface area contributed by atoms with E-state index < -0.39 is 6.29 Å². The van der Waals surface area contributed by atoms with Crippen LogP contribution in [0.4, 0.5) is 0 Å². The third-order valence-electron chi connectivity index (χ3n) is 1.17. The molecule has 0 saturated carbocycles. The molecule has 72 valence electrons. The van der Waals surface area contributed by atoms with E-state index in [1.54, 1.807) is 0 Å². The van der Waals surface area contributed by atoms with E-state index in [0.29, 0.717) is 13.2 Å². The van der Waals surface area contributed by atoms with Crippen molar-refractivity contribution in [3.05, 3.63) is 12.2 Å². The van der Waals surface area contributed by atoms with Crippen LogP contribution >= 0.6 is 0 Å². The lowest BCUT2D eigenvalue weighted by Crippen LogP contribution is -2.22. The highest BCUT2D eigenvalue weighted by atomic mass is 16.7. The maximum absolute atomic E-state index is 8.79. The maximum Gasteiger partial charge on any atom is 0.180 e. The first-order valence-corrected chi connectivity index (χ1v) is 4.19. The van der Waals surface area contributed by atoms with Gasteiger partial charge in [-0.25, -0.2) is 0 Å². The second-order valence-electron chi connectivity index (χ2n) is 2.75. The summed E-state index contributed by atoms with van der Waals surface area (Å²) in [5.74, 6) is 0. The highest BCUT2D eigenvalue weighted by Crippen LogP contribution is 1.98. The van der Waals surface area contributed by atoms with Gasteiger partial charge in [-0.1, -0.05) is 19.1 Å². The van der Waals surface area contributed by atoms with Gasteiger partial charge in [-0.3, -0.25) is 0 Å². The highest BCUT2D eigenvalue weighted by Gasteiger charge is 2.06. The van der Waals surface area contributed by atoms with E-state index in [9.17, 15) is 0 Å². The molecule has 1 unspecified atom stereocenters. The number of rotatable bonds is 7. The molecule has 0 rings (SSSR count). The molecular formula is C9H18O3. The van der Waals surface area contributed by atoms with E-state index in [1.807, 2.05) is 13.8 Å². The number of aliphatic hydroxyl groups excluding tert-OH is 1. The molecular weight excluding hydrogens is 156 g/mol. The van der Waals surface area contributed by atoms with Crippen molar-refractivity contribution < 1.29 is 14.6 Å². The fourth-order valence-corrected chi connectivity index (χ4v) is 0.638. The standard InChI is InChI=1S/C9H18O3/c1-4-5-11-9(6-10)12-7-8(2)3/h9-10H,2,4-7H2,1,3H3. The first kappa shape index (κ1) is 11.6. The molecule has 0 bridgehead atoms. The molecule has 3 nitrogen and oxygen atoms in total. The average molecular weight is 174 g/mol. The summed E-state index contributed by atoms with van der Waals surface area (Å²) in [7, 11) is 0. The predicted octanol–water partition coefficient (Wildman–Crippen LogP) is 1.32. The molecule has 0 fully saturated rings. The SMILES string of the molecule is C=C(C)COC(CO)OCCC. The number of ether oxygens (including phenoxy) is 2. The van der Waals surface area contributed by atoms with E-state index >= 15 is 0 Å². The van der Waals surface area contributed by atoms with Gasteiger partial charge in [0.05, 0.1) is 13.2 Å². The lowest BCUT2D eigenvalue weighted by molar-refractivity contribution is -0.157. The topological polar surface area (TPSA) is 38.7 Å². The van der Waals surface area contributed by atoms with Crippen LogP contribution in [0.2, 0.25) is 0 Å². The van der Waals surface area contributed by atoms with Gasteiger partial charge in [0.15, 0.2) is 6.29 Å². The van der Waals surface area contributed by atoms with Crippen LogP contribution in [-0.2, 0) is 9.47 Å². The summed E-state index contributed by atoms with van der Waals surface area (Å²) in [5.41, 5.74) is 0.925. The molecule has 12 heavy (non-hydrogen) atoms. The summed E-state index contributed by atoms with van der Waals surface area (Å²) < 4.78 is 10.4. The van der Waals surface area contributed by atoms with Gasteiger partial charge in [0.25, 0.3) is 0 Å². The van der Waals surface area contributed by atoms with Crippen LogP contribution in [0.3, 0.4) is 0 Å². The maximum atomic E-state index is 8.79. The Balaban J connectivity index is 3.45. The molecule has 0 amide bonds. The van der Waals surface area contributed by atoms with Gasteiger partial charge in [0.1, 0.15) is 0 Å². The van der Waals surface area contributed by atoms with Gasteiger partial charge in [0.2, 0.25) is 0 Å². The Hall–Kier alpha value is -0.380. The van der Waals surface area contributed by atoms with Gasteiger partial charge in [0, 0.05) is 6.61 Å². The van der Waals surface area contributed by atoms with Crippen LogP contribution in [0.15, 0.2) is 12.2 Å². The minimum atomic E-state index is -0.498. The summed E-state index contributed by atoms with van der Waals surface area (Å²) in [6.45, 7) is 8.50. The van der Waals surface area contributed by atoms with Crippen molar-refractivity contribution in [3.8, 4) is 0 Å². The van der Waals surface area contributed by atoms with E-state index in [0.717, 1.165) is 12.0 Å². The summed E-state index contributed by atoms with van der Waals surface area (Å²) >= 11 is 0. The van der Waals surface area contributed by atoms with Crippen LogP contribution < -0.4 is 0 Å². The Morgan fingerprint density at radius 3 is 2.58 bits per heavy atom. The summed E-state index contributed by atoms with van der Waals surface area (Å²) in [4.78, 5) is 0. The number of aliphatic hydroxyl groups is 1. The molecule has 3 heteroatoms. The van der Waals surface area contributed by atoms with Crippen LogP contribution in [0.25, 0.3) is 0 Å². The van der Waals surface area contributed by atoms with E-state index in [4.69, 9.17) is 14.6 Å². The number of hydrogen-bond donors (Lipinski definition) is 1. The lowest BCUT2D eigenvalue weighted by Gasteiger charge is -2.15. The van der Waals surface area contributed by atoms with Crippen molar-refractivity contribution in [1.29, 1.82) is 0 Å². The zero-order chi connectivity index (χ0) is 9.40. The highest BCUT2D eigenvalue weighted by molar-refractivity contribution is 4.87. The summed E-state index contributed by atoms with van der Waals surface area (Å²) in [6, 6.07) is 0. The predicted molar refractivity (Wildman–Crippen MR) is 47.9 cm³/mol. The second-order valence-corrected chi connectivity index (χ2v) is 2.75. The van der Waals surface area contributed by atoms with Gasteiger partial charge in [-0.05, 0) is 13.3 Å².